The number of imidazole rings is 1. The number of nitrogens with zero attached hydrogens (tertiary/aromatic N) is 3. The van der Waals surface area contributed by atoms with Crippen molar-refractivity contribution in [3.05, 3.63) is 18.2 Å². The second kappa shape index (κ2) is 4.48. The lowest BCUT2D eigenvalue weighted by Crippen LogP contribution is -2.31. The number of hydrogen-bond donors (Lipinski definition) is 2. The van der Waals surface area contributed by atoms with Gasteiger partial charge in [-0.2, -0.15) is 0 Å². The second-order valence-corrected chi connectivity index (χ2v) is 3.97. The molecule has 1 aliphatic rings. The minimum absolute atomic E-state index is 0.0167. The molecule has 2 rings (SSSR count). The van der Waals surface area contributed by atoms with E-state index in [1.165, 1.54) is 0 Å². The van der Waals surface area contributed by atoms with Crippen LogP contribution in [0, 0.1) is 0 Å². The largest absolute Gasteiger partial charge is 0.387 e. The lowest BCUT2D eigenvalue weighted by Gasteiger charge is -2.15. The van der Waals surface area contributed by atoms with E-state index in [1.807, 2.05) is 10.8 Å². The third-order valence-corrected chi connectivity index (χ3v) is 2.67. The number of urea groups is 1. The molecule has 2 heterocycles. The first kappa shape index (κ1) is 10.9. The molecule has 3 N–H and O–H groups in total. The minimum Gasteiger partial charge on any atom is -0.387 e. The van der Waals surface area contributed by atoms with Crippen LogP contribution < -0.4 is 11.1 Å². The zero-order chi connectivity index (χ0) is 11.5. The summed E-state index contributed by atoms with van der Waals surface area (Å²) < 4.78 is 1.86. The number of nitrogens with one attached hydrogen (secondary N) is 1. The fraction of sp³-hybridized carbons (Fsp3) is 0.444. The van der Waals surface area contributed by atoms with E-state index in [2.05, 4.69) is 10.3 Å². The number of nitrogens with two attached hydrogens (primary N) is 1. The normalized spacial score (nSPS) is 15.2. The third kappa shape index (κ3) is 2.13. The third-order valence-electron chi connectivity index (χ3n) is 2.49. The zero-order valence-corrected chi connectivity index (χ0v) is 9.54. The van der Waals surface area contributed by atoms with Gasteiger partial charge < -0.3 is 20.5 Å². The van der Waals surface area contributed by atoms with Crippen LogP contribution in [0.15, 0.2) is 12.4 Å². The van der Waals surface area contributed by atoms with E-state index < -0.39 is 0 Å². The van der Waals surface area contributed by atoms with Crippen molar-refractivity contribution in [2.45, 2.75) is 6.54 Å². The molecule has 1 fully saturated rings. The molecule has 1 aliphatic heterocycles. The van der Waals surface area contributed by atoms with Crippen molar-refractivity contribution >= 4 is 23.2 Å². The molecule has 2 amide bonds. The Morgan fingerprint density at radius 2 is 2.44 bits per heavy atom. The van der Waals surface area contributed by atoms with Crippen molar-refractivity contribution in [1.29, 1.82) is 0 Å². The quantitative estimate of drug-likeness (QED) is 0.697. The SMILES string of the molecule is NC(=S)c1nccn1CCN1CCNC1=O. The number of carbonyl (C=O) groups excluding carboxylic acids is 1. The van der Waals surface area contributed by atoms with Gasteiger partial charge >= 0.3 is 6.03 Å². The zero-order valence-electron chi connectivity index (χ0n) is 8.72. The summed E-state index contributed by atoms with van der Waals surface area (Å²) in [4.78, 5) is 17.4. The molecule has 0 spiro atoms. The van der Waals surface area contributed by atoms with Gasteiger partial charge in [-0.1, -0.05) is 12.2 Å². The molecular formula is C9H13N5OS. The Labute approximate surface area is 98.4 Å². The van der Waals surface area contributed by atoms with Gasteiger partial charge in [-0.3, -0.25) is 0 Å². The molecule has 0 atom stereocenters. The average Bonchev–Trinajstić information content (AvgIpc) is 2.83. The van der Waals surface area contributed by atoms with Gasteiger partial charge in [-0.05, 0) is 0 Å². The van der Waals surface area contributed by atoms with Gasteiger partial charge in [0.05, 0.1) is 0 Å². The summed E-state index contributed by atoms with van der Waals surface area (Å²) >= 11 is 4.88. The highest BCUT2D eigenvalue weighted by Gasteiger charge is 2.19. The summed E-state index contributed by atoms with van der Waals surface area (Å²) in [6.07, 6.45) is 3.46. The molecular weight excluding hydrogens is 226 g/mol. The summed E-state index contributed by atoms with van der Waals surface area (Å²) in [5.41, 5.74) is 5.53. The maximum Gasteiger partial charge on any atom is 0.317 e. The molecule has 16 heavy (non-hydrogen) atoms. The average molecular weight is 239 g/mol. The van der Waals surface area contributed by atoms with E-state index in [0.717, 1.165) is 6.54 Å². The first-order chi connectivity index (χ1) is 7.68. The van der Waals surface area contributed by atoms with Crippen molar-refractivity contribution in [1.82, 2.24) is 19.8 Å². The number of rotatable bonds is 4. The fourth-order valence-corrected chi connectivity index (χ4v) is 1.84. The number of carbonyl (C=O) groups is 1. The predicted octanol–water partition coefficient (Wildman–Crippen LogP) is -0.457. The maximum absolute atomic E-state index is 11.3. The maximum atomic E-state index is 11.3. The fourth-order valence-electron chi connectivity index (χ4n) is 1.67. The lowest BCUT2D eigenvalue weighted by molar-refractivity contribution is 0.215. The van der Waals surface area contributed by atoms with Crippen LogP contribution >= 0.6 is 12.2 Å². The van der Waals surface area contributed by atoms with Crippen molar-refractivity contribution in [2.24, 2.45) is 5.73 Å². The molecule has 0 saturated carbocycles. The first-order valence-corrected chi connectivity index (χ1v) is 5.43. The van der Waals surface area contributed by atoms with Gasteiger partial charge in [0.2, 0.25) is 0 Å². The molecule has 1 saturated heterocycles. The number of hydrogen-bond acceptors (Lipinski definition) is 3. The van der Waals surface area contributed by atoms with Crippen LogP contribution in [0.3, 0.4) is 0 Å². The molecule has 7 heteroatoms. The molecule has 86 valence electrons. The van der Waals surface area contributed by atoms with Crippen LogP contribution in [0.5, 0.6) is 0 Å². The molecule has 0 unspecified atom stereocenters. The highest BCUT2D eigenvalue weighted by molar-refractivity contribution is 7.80. The van der Waals surface area contributed by atoms with Gasteiger partial charge in [0.25, 0.3) is 0 Å². The minimum atomic E-state index is -0.0167. The van der Waals surface area contributed by atoms with Gasteiger partial charge in [0, 0.05) is 38.6 Å². The molecule has 6 nitrogen and oxygen atoms in total. The summed E-state index contributed by atoms with van der Waals surface area (Å²) in [7, 11) is 0. The highest BCUT2D eigenvalue weighted by atomic mass is 32.1. The van der Waals surface area contributed by atoms with Crippen LogP contribution in [0.1, 0.15) is 5.82 Å². The van der Waals surface area contributed by atoms with E-state index in [1.54, 1.807) is 11.1 Å². The molecule has 0 radical (unpaired) electrons. The Hall–Kier alpha value is -1.63. The van der Waals surface area contributed by atoms with Crippen LogP contribution in [-0.2, 0) is 6.54 Å². The van der Waals surface area contributed by atoms with Crippen LogP contribution in [0.2, 0.25) is 0 Å². The first-order valence-electron chi connectivity index (χ1n) is 5.02. The molecule has 0 aliphatic carbocycles. The van der Waals surface area contributed by atoms with E-state index >= 15 is 0 Å². The van der Waals surface area contributed by atoms with Crippen LogP contribution in [-0.4, -0.2) is 45.1 Å². The Bertz CT molecular complexity index is 416. The number of aromatic nitrogens is 2. The van der Waals surface area contributed by atoms with Gasteiger partial charge in [-0.15, -0.1) is 0 Å². The van der Waals surface area contributed by atoms with Crippen molar-refractivity contribution in [2.75, 3.05) is 19.6 Å². The van der Waals surface area contributed by atoms with Gasteiger partial charge in [-0.25, -0.2) is 9.78 Å². The van der Waals surface area contributed by atoms with Crippen LogP contribution in [0.4, 0.5) is 4.79 Å². The van der Waals surface area contributed by atoms with E-state index in [4.69, 9.17) is 18.0 Å². The number of thiocarbonyl (C=S) groups is 1. The lowest BCUT2D eigenvalue weighted by atomic mass is 10.5. The molecule has 0 bridgehead atoms. The monoisotopic (exact) mass is 239 g/mol. The van der Waals surface area contributed by atoms with Crippen molar-refractivity contribution in [3.63, 3.8) is 0 Å². The summed E-state index contributed by atoms with van der Waals surface area (Å²) in [5.74, 6) is 0.592. The van der Waals surface area contributed by atoms with E-state index in [-0.39, 0.29) is 11.0 Å². The van der Waals surface area contributed by atoms with Crippen molar-refractivity contribution in [3.8, 4) is 0 Å². The summed E-state index contributed by atoms with van der Waals surface area (Å²) in [6.45, 7) is 2.75. The molecule has 1 aromatic rings. The summed E-state index contributed by atoms with van der Waals surface area (Å²) in [5, 5.41) is 2.75. The number of amides is 2. The smallest absolute Gasteiger partial charge is 0.317 e. The highest BCUT2D eigenvalue weighted by Crippen LogP contribution is 2.01. The Kier molecular flexibility index (Phi) is 3.04. The predicted molar refractivity (Wildman–Crippen MR) is 63.1 cm³/mol. The van der Waals surface area contributed by atoms with Crippen molar-refractivity contribution < 1.29 is 4.79 Å². The molecule has 1 aromatic heterocycles. The Morgan fingerprint density at radius 1 is 1.62 bits per heavy atom. The standard InChI is InChI=1S/C9H13N5OS/c10-7(16)8-11-1-3-13(8)5-6-14-4-2-12-9(14)15/h1,3H,2,4-6H2,(H2,10,16)(H,12,15). The Morgan fingerprint density at radius 3 is 3.06 bits per heavy atom. The Balaban J connectivity index is 1.96. The molecule has 0 aromatic carbocycles. The van der Waals surface area contributed by atoms with Crippen LogP contribution in [0.25, 0.3) is 0 Å². The van der Waals surface area contributed by atoms with Gasteiger partial charge in [0.15, 0.2) is 5.82 Å². The van der Waals surface area contributed by atoms with Gasteiger partial charge in [0.1, 0.15) is 4.99 Å². The second-order valence-electron chi connectivity index (χ2n) is 3.53. The van der Waals surface area contributed by atoms with E-state index in [0.29, 0.717) is 25.5 Å². The van der Waals surface area contributed by atoms with E-state index in [9.17, 15) is 4.79 Å². The topological polar surface area (TPSA) is 76.2 Å². The summed E-state index contributed by atoms with van der Waals surface area (Å²) in [6, 6.07) is -0.0167.